The summed E-state index contributed by atoms with van der Waals surface area (Å²) in [5, 5.41) is 13.0. The Bertz CT molecular complexity index is 462. The number of nitrogens with one attached hydrogen (secondary N) is 1. The number of oxime groups is 1. The van der Waals surface area contributed by atoms with Gasteiger partial charge in [0.25, 0.3) is 0 Å². The van der Waals surface area contributed by atoms with Crippen LogP contribution in [0.2, 0.25) is 5.02 Å². The monoisotopic (exact) mass is 194 g/mol. The van der Waals surface area contributed by atoms with Crippen LogP contribution >= 0.6 is 11.6 Å². The van der Waals surface area contributed by atoms with Crippen LogP contribution in [0.4, 0.5) is 0 Å². The molecular weight excluding hydrogens is 188 g/mol. The minimum atomic E-state index is 0.666. The molecule has 0 unspecified atom stereocenters. The van der Waals surface area contributed by atoms with E-state index >= 15 is 0 Å². The van der Waals surface area contributed by atoms with Crippen molar-refractivity contribution in [3.8, 4) is 0 Å². The Morgan fingerprint density at radius 2 is 2.31 bits per heavy atom. The Labute approximate surface area is 79.6 Å². The molecule has 0 atom stereocenters. The van der Waals surface area contributed by atoms with Gasteiger partial charge in [-0.1, -0.05) is 16.8 Å². The van der Waals surface area contributed by atoms with Gasteiger partial charge in [0.05, 0.1) is 6.21 Å². The van der Waals surface area contributed by atoms with Crippen LogP contribution in [0, 0.1) is 0 Å². The first-order valence-electron chi connectivity index (χ1n) is 3.75. The Kier molecular flexibility index (Phi) is 1.94. The fourth-order valence-electron chi connectivity index (χ4n) is 1.28. The molecule has 1 aromatic heterocycles. The molecule has 0 bridgehead atoms. The number of hydrogen-bond donors (Lipinski definition) is 2. The van der Waals surface area contributed by atoms with E-state index in [1.807, 2.05) is 12.1 Å². The Morgan fingerprint density at radius 1 is 1.46 bits per heavy atom. The Hall–Kier alpha value is -1.48. The summed E-state index contributed by atoms with van der Waals surface area (Å²) in [6.07, 6.45) is 3.13. The average molecular weight is 195 g/mol. The van der Waals surface area contributed by atoms with Crippen molar-refractivity contribution in [1.29, 1.82) is 0 Å². The lowest BCUT2D eigenvalue weighted by Gasteiger charge is -1.91. The molecule has 0 radical (unpaired) electrons. The second-order valence-corrected chi connectivity index (χ2v) is 3.11. The molecule has 0 spiro atoms. The van der Waals surface area contributed by atoms with E-state index in [0.717, 1.165) is 16.5 Å². The van der Waals surface area contributed by atoms with E-state index in [1.54, 1.807) is 12.3 Å². The van der Waals surface area contributed by atoms with Gasteiger partial charge in [0.2, 0.25) is 0 Å². The highest BCUT2D eigenvalue weighted by molar-refractivity contribution is 6.31. The normalized spacial score (nSPS) is 11.5. The number of halogens is 1. The third-order valence-corrected chi connectivity index (χ3v) is 2.11. The highest BCUT2D eigenvalue weighted by Gasteiger charge is 2.01. The summed E-state index contributed by atoms with van der Waals surface area (Å²) >= 11 is 5.83. The number of H-pyrrole nitrogens is 1. The minimum Gasteiger partial charge on any atom is -0.411 e. The molecule has 0 aliphatic rings. The Morgan fingerprint density at radius 3 is 3.08 bits per heavy atom. The van der Waals surface area contributed by atoms with E-state index in [9.17, 15) is 0 Å². The van der Waals surface area contributed by atoms with E-state index in [4.69, 9.17) is 16.8 Å². The zero-order chi connectivity index (χ0) is 9.26. The van der Waals surface area contributed by atoms with Gasteiger partial charge in [0.15, 0.2) is 0 Å². The molecule has 1 aromatic carbocycles. The minimum absolute atomic E-state index is 0.666. The second kappa shape index (κ2) is 3.11. The van der Waals surface area contributed by atoms with E-state index in [0.29, 0.717) is 5.02 Å². The lowest BCUT2D eigenvalue weighted by molar-refractivity contribution is 0.322. The van der Waals surface area contributed by atoms with Crippen molar-refractivity contribution in [3.05, 3.63) is 35.0 Å². The van der Waals surface area contributed by atoms with Crippen LogP contribution in [0.15, 0.2) is 29.6 Å². The molecule has 2 aromatic rings. The quantitative estimate of drug-likeness (QED) is 0.409. The van der Waals surface area contributed by atoms with Crippen LogP contribution in [0.3, 0.4) is 0 Å². The predicted octanol–water partition coefficient (Wildman–Crippen LogP) is 2.63. The van der Waals surface area contributed by atoms with Gasteiger partial charge >= 0.3 is 0 Å². The van der Waals surface area contributed by atoms with Crippen LogP contribution in [-0.4, -0.2) is 16.4 Å². The molecule has 0 amide bonds. The largest absolute Gasteiger partial charge is 0.411 e. The standard InChI is InChI=1S/C9H7ClN2O/c10-7-1-2-9-8(3-7)6(4-11-9)5-12-13/h1-5,11,13H/b12-5+. The molecule has 2 rings (SSSR count). The molecule has 0 aliphatic heterocycles. The van der Waals surface area contributed by atoms with Crippen LogP contribution in [-0.2, 0) is 0 Å². The lowest BCUT2D eigenvalue weighted by Crippen LogP contribution is -1.76. The van der Waals surface area contributed by atoms with Crippen LogP contribution in [0.25, 0.3) is 10.9 Å². The molecule has 4 heteroatoms. The van der Waals surface area contributed by atoms with Crippen molar-refractivity contribution in [2.75, 3.05) is 0 Å². The first kappa shape index (κ1) is 8.13. The van der Waals surface area contributed by atoms with Gasteiger partial charge < -0.3 is 10.2 Å². The predicted molar refractivity (Wildman–Crippen MR) is 52.7 cm³/mol. The van der Waals surface area contributed by atoms with Crippen LogP contribution in [0.5, 0.6) is 0 Å². The van der Waals surface area contributed by atoms with Gasteiger partial charge in [0, 0.05) is 27.7 Å². The van der Waals surface area contributed by atoms with E-state index in [-0.39, 0.29) is 0 Å². The number of nitrogens with zero attached hydrogens (tertiary/aromatic N) is 1. The first-order chi connectivity index (χ1) is 6.31. The summed E-state index contributed by atoms with van der Waals surface area (Å²) < 4.78 is 0. The van der Waals surface area contributed by atoms with Crippen LogP contribution in [0.1, 0.15) is 5.56 Å². The molecule has 0 aliphatic carbocycles. The molecule has 0 saturated heterocycles. The summed E-state index contributed by atoms with van der Waals surface area (Å²) in [5.41, 5.74) is 1.79. The van der Waals surface area contributed by atoms with Crippen LogP contribution < -0.4 is 0 Å². The van der Waals surface area contributed by atoms with Gasteiger partial charge in [-0.3, -0.25) is 0 Å². The van der Waals surface area contributed by atoms with Crippen molar-refractivity contribution in [2.24, 2.45) is 5.16 Å². The summed E-state index contributed by atoms with van der Waals surface area (Å²) in [7, 11) is 0. The lowest BCUT2D eigenvalue weighted by atomic mass is 10.2. The fraction of sp³-hybridized carbons (Fsp3) is 0. The maximum absolute atomic E-state index is 8.39. The zero-order valence-electron chi connectivity index (χ0n) is 6.66. The number of rotatable bonds is 1. The maximum atomic E-state index is 8.39. The van der Waals surface area contributed by atoms with Gasteiger partial charge in [-0.25, -0.2) is 0 Å². The smallest absolute Gasteiger partial charge is 0.0755 e. The summed E-state index contributed by atoms with van der Waals surface area (Å²) in [4.78, 5) is 3.04. The number of aromatic nitrogens is 1. The average Bonchev–Trinajstić information content (AvgIpc) is 2.49. The molecule has 0 saturated carbocycles. The zero-order valence-corrected chi connectivity index (χ0v) is 7.42. The van der Waals surface area contributed by atoms with E-state index < -0.39 is 0 Å². The molecular formula is C9H7ClN2O. The van der Waals surface area contributed by atoms with Gasteiger partial charge in [-0.05, 0) is 18.2 Å². The summed E-state index contributed by atoms with van der Waals surface area (Å²) in [6, 6.07) is 5.51. The highest BCUT2D eigenvalue weighted by atomic mass is 35.5. The highest BCUT2D eigenvalue weighted by Crippen LogP contribution is 2.20. The number of fused-ring (bicyclic) bond motifs is 1. The SMILES string of the molecule is O/N=C/c1c[nH]c2ccc(Cl)cc12. The molecule has 66 valence electrons. The van der Waals surface area contributed by atoms with Crippen molar-refractivity contribution in [3.63, 3.8) is 0 Å². The topological polar surface area (TPSA) is 48.4 Å². The maximum Gasteiger partial charge on any atom is 0.0755 e. The fourth-order valence-corrected chi connectivity index (χ4v) is 1.46. The third kappa shape index (κ3) is 1.38. The second-order valence-electron chi connectivity index (χ2n) is 2.68. The van der Waals surface area contributed by atoms with Crippen molar-refractivity contribution < 1.29 is 5.21 Å². The Balaban J connectivity index is 2.71. The molecule has 2 N–H and O–H groups in total. The number of benzene rings is 1. The van der Waals surface area contributed by atoms with E-state index in [1.165, 1.54) is 6.21 Å². The van der Waals surface area contributed by atoms with Gasteiger partial charge in [0.1, 0.15) is 0 Å². The van der Waals surface area contributed by atoms with E-state index in [2.05, 4.69) is 10.1 Å². The molecule has 13 heavy (non-hydrogen) atoms. The van der Waals surface area contributed by atoms with Crippen molar-refractivity contribution >= 4 is 28.7 Å². The van der Waals surface area contributed by atoms with Crippen molar-refractivity contribution in [2.45, 2.75) is 0 Å². The summed E-state index contributed by atoms with van der Waals surface area (Å²) in [6.45, 7) is 0. The number of hydrogen-bond acceptors (Lipinski definition) is 2. The van der Waals surface area contributed by atoms with Gasteiger partial charge in [-0.2, -0.15) is 0 Å². The number of aromatic amines is 1. The first-order valence-corrected chi connectivity index (χ1v) is 4.13. The molecule has 0 fully saturated rings. The third-order valence-electron chi connectivity index (χ3n) is 1.87. The molecule has 3 nitrogen and oxygen atoms in total. The molecule has 1 heterocycles. The van der Waals surface area contributed by atoms with Crippen molar-refractivity contribution in [1.82, 2.24) is 4.98 Å². The van der Waals surface area contributed by atoms with Gasteiger partial charge in [-0.15, -0.1) is 0 Å². The summed E-state index contributed by atoms with van der Waals surface area (Å²) in [5.74, 6) is 0.